The Morgan fingerprint density at radius 1 is 1.00 bits per heavy atom. The summed E-state index contributed by atoms with van der Waals surface area (Å²) < 4.78 is 0. The van der Waals surface area contributed by atoms with Crippen LogP contribution in [0.25, 0.3) is 0 Å². The molecule has 0 unspecified atom stereocenters. The van der Waals surface area contributed by atoms with Crippen LogP contribution in [0.4, 0.5) is 0 Å². The molecule has 0 radical (unpaired) electrons. The maximum Gasteiger partial charge on any atom is 0.303 e. The molecule has 0 aromatic rings. The highest BCUT2D eigenvalue weighted by atomic mass is 16.4. The lowest BCUT2D eigenvalue weighted by molar-refractivity contribution is -0.138. The fourth-order valence-corrected chi connectivity index (χ4v) is 0.641. The molecule has 0 aliphatic heterocycles. The van der Waals surface area contributed by atoms with Crippen LogP contribution < -0.4 is 5.32 Å². The van der Waals surface area contributed by atoms with Gasteiger partial charge in [-0.2, -0.15) is 0 Å². The fourth-order valence-electron chi connectivity index (χ4n) is 0.641. The Morgan fingerprint density at radius 2 is 1.36 bits per heavy atom. The van der Waals surface area contributed by atoms with E-state index in [0.717, 1.165) is 13.1 Å². The second-order valence-electron chi connectivity index (χ2n) is 2.60. The van der Waals surface area contributed by atoms with Gasteiger partial charge in [0.25, 0.3) is 0 Å². The van der Waals surface area contributed by atoms with Gasteiger partial charge in [-0.1, -0.05) is 13.8 Å². The molecular formula is C9H19NO4. The van der Waals surface area contributed by atoms with Gasteiger partial charge in [-0.25, -0.2) is 0 Å². The minimum absolute atomic E-state index is 0.0632. The Kier molecular flexibility index (Phi) is 13.1. The molecule has 5 heteroatoms. The van der Waals surface area contributed by atoms with Gasteiger partial charge in [0, 0.05) is 12.8 Å². The van der Waals surface area contributed by atoms with Crippen molar-refractivity contribution in [2.75, 3.05) is 13.1 Å². The summed E-state index contributed by atoms with van der Waals surface area (Å²) in [5.74, 6) is -1.90. The summed E-state index contributed by atoms with van der Waals surface area (Å²) in [6.07, 6.45) is 0.0866. The van der Waals surface area contributed by atoms with E-state index in [2.05, 4.69) is 19.2 Å². The average Bonchev–Trinajstić information content (AvgIpc) is 2.05. The van der Waals surface area contributed by atoms with E-state index in [9.17, 15) is 9.59 Å². The molecule has 3 N–H and O–H groups in total. The molecule has 84 valence electrons. The molecule has 0 bridgehead atoms. The van der Waals surface area contributed by atoms with Gasteiger partial charge in [0.1, 0.15) is 0 Å². The lowest BCUT2D eigenvalue weighted by Gasteiger charge is -1.89. The van der Waals surface area contributed by atoms with E-state index in [0.29, 0.717) is 0 Å². The van der Waals surface area contributed by atoms with Crippen molar-refractivity contribution in [3.8, 4) is 0 Å². The molecule has 0 saturated carbocycles. The molecule has 0 aromatic carbocycles. The molecule has 0 rings (SSSR count). The SMILES string of the molecule is CCNCC.O=C(O)CCCC(=O)O. The Balaban J connectivity index is 0. The summed E-state index contributed by atoms with van der Waals surface area (Å²) in [6, 6.07) is 0. The summed E-state index contributed by atoms with van der Waals surface area (Å²) in [7, 11) is 0. The van der Waals surface area contributed by atoms with Gasteiger partial charge >= 0.3 is 11.9 Å². The molecule has 0 aliphatic carbocycles. The molecule has 0 saturated heterocycles. The number of rotatable bonds is 6. The van der Waals surface area contributed by atoms with Crippen LogP contribution in [0.1, 0.15) is 33.1 Å². The number of hydrogen-bond acceptors (Lipinski definition) is 3. The summed E-state index contributed by atoms with van der Waals surface area (Å²) >= 11 is 0. The molecule has 5 nitrogen and oxygen atoms in total. The van der Waals surface area contributed by atoms with Crippen LogP contribution in [0, 0.1) is 0 Å². The summed E-state index contributed by atoms with van der Waals surface area (Å²) in [5.41, 5.74) is 0. The molecule has 0 aliphatic rings. The number of aliphatic carboxylic acids is 2. The van der Waals surface area contributed by atoms with Crippen molar-refractivity contribution in [1.82, 2.24) is 5.32 Å². The smallest absolute Gasteiger partial charge is 0.303 e. The van der Waals surface area contributed by atoms with Gasteiger partial charge in [-0.3, -0.25) is 9.59 Å². The maximum absolute atomic E-state index is 9.79. The highest BCUT2D eigenvalue weighted by molar-refractivity contribution is 5.69. The van der Waals surface area contributed by atoms with Gasteiger partial charge in [0.15, 0.2) is 0 Å². The lowest BCUT2D eigenvalue weighted by Crippen LogP contribution is -2.09. The molecule has 0 atom stereocenters. The van der Waals surface area contributed by atoms with Gasteiger partial charge < -0.3 is 15.5 Å². The summed E-state index contributed by atoms with van der Waals surface area (Å²) in [6.45, 7) is 6.39. The quantitative estimate of drug-likeness (QED) is 0.600. The van der Waals surface area contributed by atoms with Crippen molar-refractivity contribution >= 4 is 11.9 Å². The van der Waals surface area contributed by atoms with Crippen molar-refractivity contribution in [1.29, 1.82) is 0 Å². The number of hydrogen-bond donors (Lipinski definition) is 3. The predicted molar refractivity (Wildman–Crippen MR) is 53.3 cm³/mol. The van der Waals surface area contributed by atoms with E-state index in [1.165, 1.54) is 0 Å². The molecule has 0 fully saturated rings. The minimum Gasteiger partial charge on any atom is -0.481 e. The zero-order valence-electron chi connectivity index (χ0n) is 8.75. The number of carbonyl (C=O) groups is 2. The predicted octanol–water partition coefficient (Wildman–Crippen LogP) is 0.942. The zero-order chi connectivity index (χ0) is 11.4. The highest BCUT2D eigenvalue weighted by Gasteiger charge is 1.99. The van der Waals surface area contributed by atoms with Gasteiger partial charge in [0.05, 0.1) is 0 Å². The van der Waals surface area contributed by atoms with E-state index < -0.39 is 11.9 Å². The largest absolute Gasteiger partial charge is 0.481 e. The van der Waals surface area contributed by atoms with Crippen molar-refractivity contribution in [2.24, 2.45) is 0 Å². The van der Waals surface area contributed by atoms with Gasteiger partial charge in [0.2, 0.25) is 0 Å². The van der Waals surface area contributed by atoms with Crippen LogP contribution in [0.3, 0.4) is 0 Å². The summed E-state index contributed by atoms with van der Waals surface area (Å²) in [5, 5.41) is 19.2. The molecule has 0 heterocycles. The normalized spacial score (nSPS) is 8.71. The number of nitrogens with one attached hydrogen (secondary N) is 1. The topological polar surface area (TPSA) is 86.6 Å². The first-order valence-electron chi connectivity index (χ1n) is 4.68. The van der Waals surface area contributed by atoms with E-state index >= 15 is 0 Å². The maximum atomic E-state index is 9.79. The highest BCUT2D eigenvalue weighted by Crippen LogP contribution is 1.93. The third-order valence-corrected chi connectivity index (χ3v) is 1.28. The van der Waals surface area contributed by atoms with Crippen LogP contribution in [-0.2, 0) is 9.59 Å². The first-order chi connectivity index (χ1) is 6.54. The molecular weight excluding hydrogens is 186 g/mol. The zero-order valence-corrected chi connectivity index (χ0v) is 8.75. The van der Waals surface area contributed by atoms with Crippen molar-refractivity contribution in [3.63, 3.8) is 0 Å². The van der Waals surface area contributed by atoms with E-state index in [4.69, 9.17) is 10.2 Å². The van der Waals surface area contributed by atoms with Gasteiger partial charge in [-0.05, 0) is 19.5 Å². The van der Waals surface area contributed by atoms with Crippen molar-refractivity contribution < 1.29 is 19.8 Å². The fraction of sp³-hybridized carbons (Fsp3) is 0.778. The molecule has 0 spiro atoms. The number of carboxylic acid groups (broad SMARTS) is 2. The number of carboxylic acids is 2. The minimum atomic E-state index is -0.948. The third kappa shape index (κ3) is 22.4. The first-order valence-corrected chi connectivity index (χ1v) is 4.68. The second-order valence-corrected chi connectivity index (χ2v) is 2.60. The van der Waals surface area contributed by atoms with E-state index in [-0.39, 0.29) is 19.3 Å². The summed E-state index contributed by atoms with van der Waals surface area (Å²) in [4.78, 5) is 19.6. The van der Waals surface area contributed by atoms with Crippen LogP contribution in [0.2, 0.25) is 0 Å². The average molecular weight is 205 g/mol. The third-order valence-electron chi connectivity index (χ3n) is 1.28. The first kappa shape index (κ1) is 15.4. The Labute approximate surface area is 84.1 Å². The van der Waals surface area contributed by atoms with E-state index in [1.54, 1.807) is 0 Å². The Bertz CT molecular complexity index is 143. The Hall–Kier alpha value is -1.10. The van der Waals surface area contributed by atoms with Crippen molar-refractivity contribution in [3.05, 3.63) is 0 Å². The van der Waals surface area contributed by atoms with Gasteiger partial charge in [-0.15, -0.1) is 0 Å². The molecule has 0 amide bonds. The monoisotopic (exact) mass is 205 g/mol. The van der Waals surface area contributed by atoms with E-state index in [1.807, 2.05) is 0 Å². The van der Waals surface area contributed by atoms with Crippen molar-refractivity contribution in [2.45, 2.75) is 33.1 Å². The lowest BCUT2D eigenvalue weighted by atomic mass is 10.2. The second kappa shape index (κ2) is 11.9. The van der Waals surface area contributed by atoms with Crippen LogP contribution in [0.5, 0.6) is 0 Å². The molecule has 0 aromatic heterocycles. The van der Waals surface area contributed by atoms with Crippen LogP contribution >= 0.6 is 0 Å². The van der Waals surface area contributed by atoms with Crippen LogP contribution in [-0.4, -0.2) is 35.2 Å². The Morgan fingerprint density at radius 3 is 1.50 bits per heavy atom. The van der Waals surface area contributed by atoms with Crippen LogP contribution in [0.15, 0.2) is 0 Å². The standard InChI is InChI=1S/C5H8O4.C4H11N/c6-4(7)2-1-3-5(8)9;1-3-5-4-2/h1-3H2,(H,6,7)(H,8,9);5H,3-4H2,1-2H3. The molecule has 14 heavy (non-hydrogen) atoms.